The summed E-state index contributed by atoms with van der Waals surface area (Å²) in [5.74, 6) is 0.914. The Bertz CT molecular complexity index is 1640. The largest absolute Gasteiger partial charge is 0.368 e. The Morgan fingerprint density at radius 2 is 1.69 bits per heavy atom. The maximum atomic E-state index is 12.8. The summed E-state index contributed by atoms with van der Waals surface area (Å²) < 4.78 is 0. The number of hydrogen-bond donors (Lipinski definition) is 3. The SMILES string of the molecule is O=C(Nc1cncc(-c2ccc3[nH]nc(-c4nc5c(N6CCCCC6)cncc5[nH]4)c3c2)c1)C1CCCCC1. The lowest BCUT2D eigenvalue weighted by Crippen LogP contribution is -2.29. The third-order valence-electron chi connectivity index (χ3n) is 8.17. The van der Waals surface area contributed by atoms with Crippen LogP contribution >= 0.6 is 0 Å². The van der Waals surface area contributed by atoms with Crippen LogP contribution in [0.2, 0.25) is 0 Å². The molecule has 2 aliphatic rings. The summed E-state index contributed by atoms with van der Waals surface area (Å²) in [4.78, 5) is 32.5. The third kappa shape index (κ3) is 4.62. The average Bonchev–Trinajstić information content (AvgIpc) is 3.62. The van der Waals surface area contributed by atoms with Crippen LogP contribution in [0.4, 0.5) is 11.4 Å². The van der Waals surface area contributed by atoms with Crippen molar-refractivity contribution in [1.82, 2.24) is 30.1 Å². The van der Waals surface area contributed by atoms with Gasteiger partial charge in [-0.3, -0.25) is 19.9 Å². The van der Waals surface area contributed by atoms with E-state index in [2.05, 4.69) is 41.4 Å². The molecule has 1 aliphatic heterocycles. The number of amides is 1. The molecule has 9 nitrogen and oxygen atoms in total. The normalized spacial score (nSPS) is 16.7. The van der Waals surface area contributed by atoms with Gasteiger partial charge in [0.25, 0.3) is 0 Å². The zero-order valence-electron chi connectivity index (χ0n) is 21.9. The van der Waals surface area contributed by atoms with Crippen molar-refractivity contribution in [3.8, 4) is 22.6 Å². The van der Waals surface area contributed by atoms with Crippen molar-refractivity contribution in [1.29, 1.82) is 0 Å². The summed E-state index contributed by atoms with van der Waals surface area (Å²) in [6.07, 6.45) is 16.4. The highest BCUT2D eigenvalue weighted by atomic mass is 16.1. The fourth-order valence-electron chi connectivity index (χ4n) is 6.05. The van der Waals surface area contributed by atoms with E-state index in [1.54, 1.807) is 6.20 Å². The molecule has 9 heteroatoms. The molecule has 0 radical (unpaired) electrons. The first kappa shape index (κ1) is 23.8. The molecule has 2 fully saturated rings. The molecule has 3 N–H and O–H groups in total. The van der Waals surface area contributed by atoms with Crippen LogP contribution in [0, 0.1) is 5.92 Å². The molecule has 4 aromatic heterocycles. The molecule has 0 atom stereocenters. The van der Waals surface area contributed by atoms with Gasteiger partial charge in [-0.15, -0.1) is 0 Å². The molecule has 5 heterocycles. The lowest BCUT2D eigenvalue weighted by molar-refractivity contribution is -0.120. The number of H-pyrrole nitrogens is 2. The molecule has 1 amide bonds. The lowest BCUT2D eigenvalue weighted by atomic mass is 9.88. The van der Waals surface area contributed by atoms with Crippen molar-refractivity contribution in [2.24, 2.45) is 5.92 Å². The Hall–Kier alpha value is -4.27. The molecule has 1 aromatic carbocycles. The highest BCUT2D eigenvalue weighted by Gasteiger charge is 2.22. The van der Waals surface area contributed by atoms with Crippen molar-refractivity contribution in [3.63, 3.8) is 0 Å². The molecule has 1 saturated heterocycles. The van der Waals surface area contributed by atoms with Gasteiger partial charge >= 0.3 is 0 Å². The number of carbonyl (C=O) groups is 1. The summed E-state index contributed by atoms with van der Waals surface area (Å²) >= 11 is 0. The average molecular weight is 521 g/mol. The molecule has 39 heavy (non-hydrogen) atoms. The van der Waals surface area contributed by atoms with Gasteiger partial charge in [-0.25, -0.2) is 4.98 Å². The summed E-state index contributed by atoms with van der Waals surface area (Å²) in [5.41, 5.74) is 7.27. The van der Waals surface area contributed by atoms with Crippen LogP contribution in [-0.2, 0) is 4.79 Å². The van der Waals surface area contributed by atoms with Crippen molar-refractivity contribution in [3.05, 3.63) is 49.1 Å². The topological polar surface area (TPSA) is 115 Å². The van der Waals surface area contributed by atoms with Gasteiger partial charge in [-0.2, -0.15) is 5.10 Å². The third-order valence-corrected chi connectivity index (χ3v) is 8.17. The Kier molecular flexibility index (Phi) is 6.19. The number of pyridine rings is 2. The zero-order chi connectivity index (χ0) is 26.2. The number of nitrogens with one attached hydrogen (secondary N) is 3. The number of aromatic amines is 2. The standard InChI is InChI=1S/C30H32N8O/c39-30(19-7-3-1-4-8-19)33-22-13-21(15-31-16-22)20-9-10-24-23(14-20)27(37-36-24)29-34-25-17-32-18-26(28(25)35-29)38-11-5-2-6-12-38/h9-10,13-19H,1-8,11-12H2,(H,33,39)(H,34,35)(H,36,37). The maximum Gasteiger partial charge on any atom is 0.227 e. The Morgan fingerprint density at radius 3 is 2.56 bits per heavy atom. The Labute approximate surface area is 226 Å². The van der Waals surface area contributed by atoms with Crippen LogP contribution < -0.4 is 10.2 Å². The molecule has 1 saturated carbocycles. The predicted octanol–water partition coefficient (Wildman–Crippen LogP) is 6.07. The van der Waals surface area contributed by atoms with Gasteiger partial charge in [0.2, 0.25) is 5.91 Å². The molecule has 0 bridgehead atoms. The van der Waals surface area contributed by atoms with Crippen LogP contribution in [0.25, 0.3) is 44.6 Å². The van der Waals surface area contributed by atoms with E-state index in [-0.39, 0.29) is 11.8 Å². The monoisotopic (exact) mass is 520 g/mol. The van der Waals surface area contributed by atoms with Gasteiger partial charge in [0.05, 0.1) is 41.0 Å². The summed E-state index contributed by atoms with van der Waals surface area (Å²) in [6, 6.07) is 8.17. The van der Waals surface area contributed by atoms with E-state index in [0.29, 0.717) is 5.82 Å². The second-order valence-corrected chi connectivity index (χ2v) is 10.8. The number of carbonyl (C=O) groups excluding carboxylic acids is 1. The lowest BCUT2D eigenvalue weighted by Gasteiger charge is -2.28. The van der Waals surface area contributed by atoms with Crippen molar-refractivity contribution >= 4 is 39.2 Å². The fourth-order valence-corrected chi connectivity index (χ4v) is 6.05. The smallest absolute Gasteiger partial charge is 0.227 e. The predicted molar refractivity (Wildman–Crippen MR) is 153 cm³/mol. The number of imidazole rings is 1. The number of rotatable bonds is 5. The van der Waals surface area contributed by atoms with E-state index in [9.17, 15) is 4.79 Å². The van der Waals surface area contributed by atoms with E-state index in [4.69, 9.17) is 4.98 Å². The molecular weight excluding hydrogens is 488 g/mol. The number of nitrogens with zero attached hydrogens (tertiary/aromatic N) is 5. The van der Waals surface area contributed by atoms with Gasteiger partial charge < -0.3 is 15.2 Å². The van der Waals surface area contributed by atoms with Gasteiger partial charge in [0, 0.05) is 36.2 Å². The first-order valence-electron chi connectivity index (χ1n) is 14.1. The molecule has 7 rings (SSSR count). The highest BCUT2D eigenvalue weighted by molar-refractivity contribution is 5.98. The Balaban J connectivity index is 1.20. The van der Waals surface area contributed by atoms with Gasteiger partial charge in [-0.05, 0) is 55.9 Å². The van der Waals surface area contributed by atoms with Crippen LogP contribution in [0.15, 0.2) is 49.1 Å². The van der Waals surface area contributed by atoms with Crippen LogP contribution in [0.1, 0.15) is 51.4 Å². The van der Waals surface area contributed by atoms with Crippen molar-refractivity contribution < 1.29 is 4.79 Å². The quantitative estimate of drug-likeness (QED) is 0.259. The van der Waals surface area contributed by atoms with E-state index >= 15 is 0 Å². The van der Waals surface area contributed by atoms with Crippen molar-refractivity contribution in [2.45, 2.75) is 51.4 Å². The first-order chi connectivity index (χ1) is 19.2. The van der Waals surface area contributed by atoms with E-state index in [1.807, 2.05) is 36.8 Å². The zero-order valence-corrected chi connectivity index (χ0v) is 21.9. The van der Waals surface area contributed by atoms with E-state index < -0.39 is 0 Å². The van der Waals surface area contributed by atoms with Crippen molar-refractivity contribution in [2.75, 3.05) is 23.3 Å². The Morgan fingerprint density at radius 1 is 0.872 bits per heavy atom. The minimum Gasteiger partial charge on any atom is -0.368 e. The fraction of sp³-hybridized carbons (Fsp3) is 0.367. The molecular formula is C30H32N8O. The van der Waals surface area contributed by atoms with E-state index in [1.165, 1.54) is 25.7 Å². The molecule has 0 unspecified atom stereocenters. The van der Waals surface area contributed by atoms with Crippen LogP contribution in [0.5, 0.6) is 0 Å². The highest BCUT2D eigenvalue weighted by Crippen LogP contribution is 2.33. The van der Waals surface area contributed by atoms with E-state index in [0.717, 1.165) is 88.9 Å². The summed E-state index contributed by atoms with van der Waals surface area (Å²) in [6.45, 7) is 2.07. The number of piperidine rings is 1. The minimum atomic E-state index is 0.0988. The van der Waals surface area contributed by atoms with Gasteiger partial charge in [0.15, 0.2) is 5.82 Å². The number of aromatic nitrogens is 6. The molecule has 1 aliphatic carbocycles. The van der Waals surface area contributed by atoms with Crippen LogP contribution in [-0.4, -0.2) is 49.1 Å². The maximum absolute atomic E-state index is 12.8. The number of anilines is 2. The first-order valence-corrected chi connectivity index (χ1v) is 14.1. The van der Waals surface area contributed by atoms with Gasteiger partial charge in [0.1, 0.15) is 11.2 Å². The second-order valence-electron chi connectivity index (χ2n) is 10.8. The van der Waals surface area contributed by atoms with Crippen LogP contribution in [0.3, 0.4) is 0 Å². The summed E-state index contributed by atoms with van der Waals surface area (Å²) in [5, 5.41) is 11.8. The minimum absolute atomic E-state index is 0.0988. The van der Waals surface area contributed by atoms with Gasteiger partial charge in [-0.1, -0.05) is 25.3 Å². The summed E-state index contributed by atoms with van der Waals surface area (Å²) in [7, 11) is 0. The number of benzene rings is 1. The molecule has 5 aromatic rings. The second kappa shape index (κ2) is 10.1. The number of fused-ring (bicyclic) bond motifs is 2. The number of hydrogen-bond acceptors (Lipinski definition) is 6. The molecule has 198 valence electrons. The molecule has 0 spiro atoms.